The van der Waals surface area contributed by atoms with Crippen molar-refractivity contribution in [2.24, 2.45) is 0 Å². The molecule has 0 radical (unpaired) electrons. The summed E-state index contributed by atoms with van der Waals surface area (Å²) in [5.41, 5.74) is 0.687. The number of ether oxygens (including phenoxy) is 1. The molecule has 2 atom stereocenters. The summed E-state index contributed by atoms with van der Waals surface area (Å²) in [5, 5.41) is 0. The Morgan fingerprint density at radius 1 is 1.42 bits per heavy atom. The number of carbonyl (C=O) groups excluding carboxylic acids is 1. The summed E-state index contributed by atoms with van der Waals surface area (Å²) in [7, 11) is 1.62. The Hall–Kier alpha value is -1.29. The number of benzene rings is 1. The zero-order valence-corrected chi connectivity index (χ0v) is 12.4. The molecule has 1 saturated heterocycles. The average molecular weight is 322 g/mol. The number of halogens is 1. The highest BCUT2D eigenvalue weighted by atomic mass is 79.9. The van der Waals surface area contributed by atoms with E-state index in [1.54, 1.807) is 7.11 Å². The largest absolute Gasteiger partial charge is 0.497 e. The highest BCUT2D eigenvalue weighted by molar-refractivity contribution is 9.10. The van der Waals surface area contributed by atoms with E-state index in [2.05, 4.69) is 28.1 Å². The van der Waals surface area contributed by atoms with E-state index >= 15 is 0 Å². The molecule has 2 heterocycles. The van der Waals surface area contributed by atoms with Gasteiger partial charge in [-0.15, -0.1) is 0 Å². The van der Waals surface area contributed by atoms with Crippen LogP contribution in [0, 0.1) is 0 Å². The maximum Gasteiger partial charge on any atom is 0.255 e. The second-order valence-electron chi connectivity index (χ2n) is 5.02. The van der Waals surface area contributed by atoms with Gasteiger partial charge in [0.15, 0.2) is 0 Å². The van der Waals surface area contributed by atoms with Gasteiger partial charge in [-0.2, -0.15) is 0 Å². The summed E-state index contributed by atoms with van der Waals surface area (Å²) in [6, 6.07) is 6.16. The van der Waals surface area contributed by atoms with Gasteiger partial charge in [0.25, 0.3) is 5.91 Å². The molecule has 2 aliphatic rings. The number of hydrogen-bond acceptors (Lipinski definition) is 2. The van der Waals surface area contributed by atoms with Crippen molar-refractivity contribution in [3.63, 3.8) is 0 Å². The van der Waals surface area contributed by atoms with Gasteiger partial charge in [-0.25, -0.2) is 0 Å². The first-order valence-corrected chi connectivity index (χ1v) is 7.33. The van der Waals surface area contributed by atoms with Crippen LogP contribution in [0.5, 0.6) is 5.75 Å². The monoisotopic (exact) mass is 321 g/mol. The Balaban J connectivity index is 1.94. The van der Waals surface area contributed by atoms with Crippen molar-refractivity contribution in [2.75, 3.05) is 7.11 Å². The summed E-state index contributed by atoms with van der Waals surface area (Å²) in [4.78, 5) is 14.8. The summed E-state index contributed by atoms with van der Waals surface area (Å²) >= 11 is 3.47. The fraction of sp³-hybridized carbons (Fsp3) is 0.400. The van der Waals surface area contributed by atoms with Crippen molar-refractivity contribution in [3.05, 3.63) is 40.4 Å². The first kappa shape index (κ1) is 12.7. The summed E-state index contributed by atoms with van der Waals surface area (Å²) in [6.45, 7) is 0. The molecule has 0 unspecified atom stereocenters. The van der Waals surface area contributed by atoms with Crippen molar-refractivity contribution >= 4 is 21.8 Å². The molecule has 3 nitrogen and oxygen atoms in total. The van der Waals surface area contributed by atoms with Gasteiger partial charge < -0.3 is 9.64 Å². The molecule has 1 aromatic carbocycles. The lowest BCUT2D eigenvalue weighted by Gasteiger charge is -2.31. The number of methoxy groups -OCH3 is 1. The normalized spacial score (nSPS) is 24.6. The SMILES string of the molecule is COc1ccc(Br)c(C(=O)N2[C@H]3CC=C[C@H]2CC3)c1. The van der Waals surface area contributed by atoms with Gasteiger partial charge in [0.2, 0.25) is 0 Å². The van der Waals surface area contributed by atoms with Gasteiger partial charge in [-0.3, -0.25) is 4.79 Å². The van der Waals surface area contributed by atoms with Crippen molar-refractivity contribution in [1.82, 2.24) is 4.90 Å². The van der Waals surface area contributed by atoms with Crippen LogP contribution in [0.2, 0.25) is 0 Å². The van der Waals surface area contributed by atoms with Crippen molar-refractivity contribution in [1.29, 1.82) is 0 Å². The third-order valence-electron chi connectivity index (χ3n) is 3.95. The number of fused-ring (bicyclic) bond motifs is 2. The Labute approximate surface area is 121 Å². The van der Waals surface area contributed by atoms with E-state index in [9.17, 15) is 4.79 Å². The molecule has 0 N–H and O–H groups in total. The van der Waals surface area contributed by atoms with Crippen LogP contribution in [0.15, 0.2) is 34.8 Å². The molecule has 0 aliphatic carbocycles. The minimum absolute atomic E-state index is 0.0997. The molecule has 1 amide bonds. The first-order valence-electron chi connectivity index (χ1n) is 6.53. The first-order chi connectivity index (χ1) is 9.20. The molecule has 0 spiro atoms. The van der Waals surface area contributed by atoms with E-state index in [-0.39, 0.29) is 11.9 Å². The van der Waals surface area contributed by atoms with Gasteiger partial charge in [0.05, 0.1) is 18.7 Å². The zero-order valence-electron chi connectivity index (χ0n) is 10.8. The number of rotatable bonds is 2. The van der Waals surface area contributed by atoms with Gasteiger partial charge in [0, 0.05) is 10.5 Å². The average Bonchev–Trinajstić information content (AvgIpc) is 2.68. The van der Waals surface area contributed by atoms with Crippen LogP contribution in [-0.2, 0) is 0 Å². The van der Waals surface area contributed by atoms with E-state index in [1.807, 2.05) is 23.1 Å². The van der Waals surface area contributed by atoms with Gasteiger partial charge in [-0.1, -0.05) is 12.2 Å². The van der Waals surface area contributed by atoms with Gasteiger partial charge in [-0.05, 0) is 53.4 Å². The van der Waals surface area contributed by atoms with Crippen LogP contribution in [0.25, 0.3) is 0 Å². The van der Waals surface area contributed by atoms with Crippen LogP contribution in [0.4, 0.5) is 0 Å². The fourth-order valence-corrected chi connectivity index (χ4v) is 3.39. The van der Waals surface area contributed by atoms with E-state index in [1.165, 1.54) is 0 Å². The molecule has 19 heavy (non-hydrogen) atoms. The summed E-state index contributed by atoms with van der Waals surface area (Å²) in [6.07, 6.45) is 7.52. The number of nitrogens with zero attached hydrogens (tertiary/aromatic N) is 1. The third kappa shape index (κ3) is 2.18. The zero-order chi connectivity index (χ0) is 13.4. The molecule has 2 bridgehead atoms. The summed E-state index contributed by atoms with van der Waals surface area (Å²) < 4.78 is 6.04. The van der Waals surface area contributed by atoms with Crippen LogP contribution < -0.4 is 4.74 Å². The van der Waals surface area contributed by atoms with Crippen LogP contribution in [0.1, 0.15) is 29.6 Å². The lowest BCUT2D eigenvalue weighted by molar-refractivity contribution is 0.0687. The predicted molar refractivity (Wildman–Crippen MR) is 77.4 cm³/mol. The lowest BCUT2D eigenvalue weighted by Crippen LogP contribution is -2.42. The van der Waals surface area contributed by atoms with Crippen LogP contribution in [-0.4, -0.2) is 30.0 Å². The molecule has 4 heteroatoms. The topological polar surface area (TPSA) is 29.5 Å². The molecular formula is C15H16BrNO2. The Kier molecular flexibility index (Phi) is 3.35. The van der Waals surface area contributed by atoms with Gasteiger partial charge >= 0.3 is 0 Å². The molecule has 1 fully saturated rings. The smallest absolute Gasteiger partial charge is 0.255 e. The van der Waals surface area contributed by atoms with Crippen molar-refractivity contribution in [2.45, 2.75) is 31.3 Å². The highest BCUT2D eigenvalue weighted by Crippen LogP contribution is 2.34. The molecule has 100 valence electrons. The van der Waals surface area contributed by atoms with Gasteiger partial charge in [0.1, 0.15) is 5.75 Å². The fourth-order valence-electron chi connectivity index (χ4n) is 2.98. The van der Waals surface area contributed by atoms with Crippen molar-refractivity contribution in [3.8, 4) is 5.75 Å². The molecular weight excluding hydrogens is 306 g/mol. The Bertz CT molecular complexity index is 541. The van der Waals surface area contributed by atoms with Crippen molar-refractivity contribution < 1.29 is 9.53 Å². The summed E-state index contributed by atoms with van der Waals surface area (Å²) in [5.74, 6) is 0.814. The van der Waals surface area contributed by atoms with Crippen LogP contribution >= 0.6 is 15.9 Å². The van der Waals surface area contributed by atoms with E-state index in [0.29, 0.717) is 17.4 Å². The molecule has 3 rings (SSSR count). The second kappa shape index (κ2) is 5.00. The molecule has 0 saturated carbocycles. The van der Waals surface area contributed by atoms with E-state index in [4.69, 9.17) is 4.74 Å². The molecule has 2 aliphatic heterocycles. The molecule has 0 aromatic heterocycles. The minimum Gasteiger partial charge on any atom is -0.497 e. The quantitative estimate of drug-likeness (QED) is 0.781. The number of hydrogen-bond donors (Lipinski definition) is 0. The maximum absolute atomic E-state index is 12.8. The Morgan fingerprint density at radius 2 is 2.26 bits per heavy atom. The minimum atomic E-state index is 0.0997. The van der Waals surface area contributed by atoms with E-state index < -0.39 is 0 Å². The maximum atomic E-state index is 12.8. The Morgan fingerprint density at radius 3 is 3.00 bits per heavy atom. The second-order valence-corrected chi connectivity index (χ2v) is 5.87. The lowest BCUT2D eigenvalue weighted by atomic mass is 10.1. The third-order valence-corrected chi connectivity index (χ3v) is 4.64. The van der Waals surface area contributed by atoms with Crippen LogP contribution in [0.3, 0.4) is 0 Å². The number of carbonyl (C=O) groups is 1. The standard InChI is InChI=1S/C15H16BrNO2/c1-19-12-7-8-14(16)13(9-12)15(18)17-10-3-2-4-11(17)6-5-10/h2-3,7-11H,4-6H2,1H3/t10-,11-/m0/s1. The molecule has 1 aromatic rings. The van der Waals surface area contributed by atoms with E-state index in [0.717, 1.165) is 23.7 Å². The predicted octanol–water partition coefficient (Wildman–Crippen LogP) is 3.39. The highest BCUT2D eigenvalue weighted by Gasteiger charge is 2.37. The number of amides is 1.